The Kier molecular flexibility index (Phi) is 4.03. The first-order valence-corrected chi connectivity index (χ1v) is 7.28. The molecule has 1 aromatic heterocycles. The Morgan fingerprint density at radius 1 is 1.33 bits per heavy atom. The molecule has 0 spiro atoms. The van der Waals surface area contributed by atoms with Crippen molar-refractivity contribution in [3.05, 3.63) is 29.6 Å². The highest BCUT2D eigenvalue weighted by atomic mass is 16.2. The zero-order valence-corrected chi connectivity index (χ0v) is 13.3. The molecule has 2 heterocycles. The summed E-state index contributed by atoms with van der Waals surface area (Å²) in [6, 6.07) is 5.27. The number of nitrogens with zero attached hydrogens (tertiary/aromatic N) is 2. The predicted molar refractivity (Wildman–Crippen MR) is 80.4 cm³/mol. The minimum Gasteiger partial charge on any atom is -0.340 e. The van der Waals surface area contributed by atoms with Gasteiger partial charge >= 0.3 is 0 Å². The molecule has 0 radical (unpaired) electrons. The summed E-state index contributed by atoms with van der Waals surface area (Å²) in [5, 5.41) is 2.81. The van der Waals surface area contributed by atoms with Crippen molar-refractivity contribution in [2.75, 3.05) is 0 Å². The maximum absolute atomic E-state index is 12.7. The largest absolute Gasteiger partial charge is 0.340 e. The molecule has 1 aliphatic heterocycles. The molecule has 0 saturated carbocycles. The number of carbonyl (C=O) groups excluding carboxylic acids is 2. The van der Waals surface area contributed by atoms with E-state index in [2.05, 4.69) is 10.3 Å². The summed E-state index contributed by atoms with van der Waals surface area (Å²) in [5.74, 6) is -0.110. The van der Waals surface area contributed by atoms with Gasteiger partial charge in [0.05, 0.1) is 12.2 Å². The summed E-state index contributed by atoms with van der Waals surface area (Å²) < 4.78 is 0. The number of hydrogen-bond donors (Lipinski definition) is 1. The van der Waals surface area contributed by atoms with Crippen LogP contribution in [-0.4, -0.2) is 33.3 Å². The molecular formula is C16H23N3O2. The van der Waals surface area contributed by atoms with Gasteiger partial charge in [-0.3, -0.25) is 14.6 Å². The van der Waals surface area contributed by atoms with Crippen LogP contribution in [0, 0.1) is 12.8 Å². The number of carbonyl (C=O) groups is 2. The van der Waals surface area contributed by atoms with Gasteiger partial charge in [-0.1, -0.05) is 19.9 Å². The van der Waals surface area contributed by atoms with Crippen molar-refractivity contribution in [2.45, 2.75) is 52.7 Å². The summed E-state index contributed by atoms with van der Waals surface area (Å²) in [4.78, 5) is 31.1. The lowest BCUT2D eigenvalue weighted by Gasteiger charge is -2.44. The molecule has 0 aromatic carbocycles. The molecule has 1 N–H and O–H groups in total. The number of rotatable bonds is 3. The SMILES string of the molecule is Cc1cccc(CN2C(=O)C(C)(C)NC(=O)C2C(C)C)n1. The number of nitrogens with one attached hydrogen (secondary N) is 1. The van der Waals surface area contributed by atoms with Crippen molar-refractivity contribution < 1.29 is 9.59 Å². The Hall–Kier alpha value is -1.91. The normalized spacial score (nSPS) is 21.6. The average molecular weight is 289 g/mol. The maximum Gasteiger partial charge on any atom is 0.248 e. The van der Waals surface area contributed by atoms with E-state index in [-0.39, 0.29) is 17.7 Å². The zero-order chi connectivity index (χ0) is 15.8. The van der Waals surface area contributed by atoms with E-state index in [1.807, 2.05) is 39.0 Å². The van der Waals surface area contributed by atoms with Crippen LogP contribution in [-0.2, 0) is 16.1 Å². The number of amides is 2. The number of pyridine rings is 1. The highest BCUT2D eigenvalue weighted by Gasteiger charge is 2.46. The lowest BCUT2D eigenvalue weighted by atomic mass is 9.91. The standard InChI is InChI=1S/C16H23N3O2/c1-10(2)13-14(20)18-16(4,5)15(21)19(13)9-12-8-6-7-11(3)17-12/h6-8,10,13H,9H2,1-5H3,(H,18,20). The quantitative estimate of drug-likeness (QED) is 0.920. The minimum absolute atomic E-state index is 0.0508. The second kappa shape index (κ2) is 5.47. The molecule has 1 aromatic rings. The molecule has 1 aliphatic rings. The molecular weight excluding hydrogens is 266 g/mol. The second-order valence-corrected chi connectivity index (χ2v) is 6.51. The van der Waals surface area contributed by atoms with Gasteiger partial charge < -0.3 is 10.2 Å². The first-order chi connectivity index (χ1) is 9.72. The van der Waals surface area contributed by atoms with Crippen LogP contribution in [0.15, 0.2) is 18.2 Å². The van der Waals surface area contributed by atoms with Crippen LogP contribution >= 0.6 is 0 Å². The summed E-state index contributed by atoms with van der Waals surface area (Å²) in [6.07, 6.45) is 0. The van der Waals surface area contributed by atoms with Crippen LogP contribution in [0.2, 0.25) is 0 Å². The minimum atomic E-state index is -0.869. The van der Waals surface area contributed by atoms with Crippen LogP contribution in [0.3, 0.4) is 0 Å². The second-order valence-electron chi connectivity index (χ2n) is 6.51. The zero-order valence-electron chi connectivity index (χ0n) is 13.3. The van der Waals surface area contributed by atoms with Gasteiger partial charge in [-0.05, 0) is 38.8 Å². The molecule has 0 aliphatic carbocycles. The Bertz CT molecular complexity index is 566. The maximum atomic E-state index is 12.7. The fourth-order valence-corrected chi connectivity index (χ4v) is 2.76. The molecule has 5 nitrogen and oxygen atoms in total. The Morgan fingerprint density at radius 3 is 2.57 bits per heavy atom. The summed E-state index contributed by atoms with van der Waals surface area (Å²) in [7, 11) is 0. The molecule has 1 atom stereocenters. The summed E-state index contributed by atoms with van der Waals surface area (Å²) >= 11 is 0. The number of hydrogen-bond acceptors (Lipinski definition) is 3. The Labute approximate surface area is 125 Å². The lowest BCUT2D eigenvalue weighted by Crippen LogP contribution is -2.68. The van der Waals surface area contributed by atoms with Gasteiger partial charge in [0, 0.05) is 5.69 Å². The van der Waals surface area contributed by atoms with Crippen molar-refractivity contribution in [1.29, 1.82) is 0 Å². The van der Waals surface area contributed by atoms with Crippen LogP contribution in [0.4, 0.5) is 0 Å². The Balaban J connectivity index is 2.35. The third-order valence-electron chi connectivity index (χ3n) is 3.75. The predicted octanol–water partition coefficient (Wildman–Crippen LogP) is 1.65. The van der Waals surface area contributed by atoms with E-state index in [1.54, 1.807) is 18.7 Å². The highest BCUT2D eigenvalue weighted by molar-refractivity contribution is 5.99. The molecule has 2 rings (SSSR count). The first-order valence-electron chi connectivity index (χ1n) is 7.28. The number of piperazine rings is 1. The van der Waals surface area contributed by atoms with Crippen molar-refractivity contribution in [3.63, 3.8) is 0 Å². The third kappa shape index (κ3) is 3.06. The van der Waals surface area contributed by atoms with Crippen LogP contribution in [0.5, 0.6) is 0 Å². The molecule has 114 valence electrons. The van der Waals surface area contributed by atoms with E-state index >= 15 is 0 Å². The van der Waals surface area contributed by atoms with Gasteiger partial charge in [-0.25, -0.2) is 0 Å². The average Bonchev–Trinajstić information content (AvgIpc) is 2.34. The summed E-state index contributed by atoms with van der Waals surface area (Å²) in [5.41, 5.74) is 0.841. The topological polar surface area (TPSA) is 62.3 Å². The van der Waals surface area contributed by atoms with Crippen LogP contribution in [0.25, 0.3) is 0 Å². The van der Waals surface area contributed by atoms with Gasteiger partial charge in [0.1, 0.15) is 11.6 Å². The third-order valence-corrected chi connectivity index (χ3v) is 3.75. The van der Waals surface area contributed by atoms with E-state index in [9.17, 15) is 9.59 Å². The smallest absolute Gasteiger partial charge is 0.248 e. The van der Waals surface area contributed by atoms with E-state index in [0.29, 0.717) is 6.54 Å². The molecule has 1 saturated heterocycles. The lowest BCUT2D eigenvalue weighted by molar-refractivity contribution is -0.156. The van der Waals surface area contributed by atoms with Gasteiger partial charge in [0.25, 0.3) is 0 Å². The monoisotopic (exact) mass is 289 g/mol. The molecule has 5 heteroatoms. The van der Waals surface area contributed by atoms with E-state index < -0.39 is 11.6 Å². The number of aromatic nitrogens is 1. The molecule has 21 heavy (non-hydrogen) atoms. The van der Waals surface area contributed by atoms with Gasteiger partial charge in [-0.2, -0.15) is 0 Å². The van der Waals surface area contributed by atoms with Crippen LogP contribution < -0.4 is 5.32 Å². The van der Waals surface area contributed by atoms with Gasteiger partial charge in [0.2, 0.25) is 11.8 Å². The van der Waals surface area contributed by atoms with E-state index in [4.69, 9.17) is 0 Å². The molecule has 1 unspecified atom stereocenters. The van der Waals surface area contributed by atoms with Crippen molar-refractivity contribution in [1.82, 2.24) is 15.2 Å². The van der Waals surface area contributed by atoms with Gasteiger partial charge in [0.15, 0.2) is 0 Å². The van der Waals surface area contributed by atoms with Crippen molar-refractivity contribution in [2.24, 2.45) is 5.92 Å². The van der Waals surface area contributed by atoms with Crippen molar-refractivity contribution >= 4 is 11.8 Å². The van der Waals surface area contributed by atoms with E-state index in [0.717, 1.165) is 11.4 Å². The van der Waals surface area contributed by atoms with Gasteiger partial charge in [-0.15, -0.1) is 0 Å². The molecule has 1 fully saturated rings. The molecule has 0 bridgehead atoms. The summed E-state index contributed by atoms with van der Waals surface area (Å²) in [6.45, 7) is 9.65. The first kappa shape index (κ1) is 15.5. The number of aryl methyl sites for hydroxylation is 1. The van der Waals surface area contributed by atoms with Crippen molar-refractivity contribution in [3.8, 4) is 0 Å². The van der Waals surface area contributed by atoms with Crippen LogP contribution in [0.1, 0.15) is 39.1 Å². The van der Waals surface area contributed by atoms with E-state index in [1.165, 1.54) is 0 Å². The fraction of sp³-hybridized carbons (Fsp3) is 0.562. The highest BCUT2D eigenvalue weighted by Crippen LogP contribution is 2.24. The fourth-order valence-electron chi connectivity index (χ4n) is 2.76. The molecule has 2 amide bonds. The Morgan fingerprint density at radius 2 is 2.00 bits per heavy atom.